The lowest BCUT2D eigenvalue weighted by Gasteiger charge is -2.36. The minimum Gasteiger partial charge on any atom is -0.454 e. The summed E-state index contributed by atoms with van der Waals surface area (Å²) in [5.41, 5.74) is 0.611. The van der Waals surface area contributed by atoms with Gasteiger partial charge in [-0.1, -0.05) is 13.8 Å². The largest absolute Gasteiger partial charge is 0.454 e. The SMILES string of the molecule is CC(C)COCC(O)CN1CCOC(CN(CC2CC2)C(=O)c2ccc3c(c2)OCO3)C1. The molecule has 1 N–H and O–H groups in total. The molecule has 32 heavy (non-hydrogen) atoms. The van der Waals surface area contributed by atoms with Gasteiger partial charge in [-0.15, -0.1) is 0 Å². The van der Waals surface area contributed by atoms with E-state index in [1.807, 2.05) is 4.90 Å². The number of hydrogen-bond donors (Lipinski definition) is 1. The molecule has 0 spiro atoms. The first-order valence-electron chi connectivity index (χ1n) is 11.8. The number of β-amino-alcohol motifs (C(OH)–C–C–N with tert-alkyl or cyclic N) is 1. The summed E-state index contributed by atoms with van der Waals surface area (Å²) in [7, 11) is 0. The number of hydrogen-bond acceptors (Lipinski definition) is 7. The van der Waals surface area contributed by atoms with E-state index in [2.05, 4.69) is 18.7 Å². The van der Waals surface area contributed by atoms with Crippen molar-refractivity contribution in [2.24, 2.45) is 11.8 Å². The lowest BCUT2D eigenvalue weighted by molar-refractivity contribution is -0.0599. The normalized spacial score (nSPS) is 21.7. The predicted octanol–water partition coefficient (Wildman–Crippen LogP) is 2.00. The van der Waals surface area contributed by atoms with Crippen molar-refractivity contribution in [3.63, 3.8) is 0 Å². The van der Waals surface area contributed by atoms with Crippen molar-refractivity contribution in [2.75, 3.05) is 59.3 Å². The fraction of sp³-hybridized carbons (Fsp3) is 0.708. The Morgan fingerprint density at radius 1 is 1.22 bits per heavy atom. The molecule has 1 saturated heterocycles. The monoisotopic (exact) mass is 448 g/mol. The highest BCUT2D eigenvalue weighted by atomic mass is 16.7. The van der Waals surface area contributed by atoms with E-state index in [1.165, 1.54) is 12.8 Å². The third kappa shape index (κ3) is 6.57. The Labute approximate surface area is 190 Å². The molecule has 2 aliphatic heterocycles. The number of aliphatic hydroxyl groups is 1. The number of aliphatic hydroxyl groups excluding tert-OH is 1. The van der Waals surface area contributed by atoms with Gasteiger partial charge in [0.15, 0.2) is 11.5 Å². The highest BCUT2D eigenvalue weighted by Crippen LogP contribution is 2.34. The Bertz CT molecular complexity index is 769. The van der Waals surface area contributed by atoms with E-state index in [9.17, 15) is 9.90 Å². The third-order valence-corrected chi connectivity index (χ3v) is 5.96. The highest BCUT2D eigenvalue weighted by molar-refractivity contribution is 5.95. The summed E-state index contributed by atoms with van der Waals surface area (Å²) in [4.78, 5) is 17.4. The first kappa shape index (κ1) is 23.3. The molecule has 1 aromatic carbocycles. The van der Waals surface area contributed by atoms with Crippen LogP contribution in [-0.4, -0.2) is 92.4 Å². The van der Waals surface area contributed by atoms with Crippen LogP contribution in [0.5, 0.6) is 11.5 Å². The topological polar surface area (TPSA) is 80.7 Å². The molecule has 0 aromatic heterocycles. The van der Waals surface area contributed by atoms with Crippen LogP contribution in [-0.2, 0) is 9.47 Å². The summed E-state index contributed by atoms with van der Waals surface area (Å²) in [5, 5.41) is 10.3. The van der Waals surface area contributed by atoms with Crippen molar-refractivity contribution in [3.8, 4) is 11.5 Å². The van der Waals surface area contributed by atoms with Crippen molar-refractivity contribution in [1.29, 1.82) is 0 Å². The lowest BCUT2D eigenvalue weighted by atomic mass is 10.1. The zero-order valence-corrected chi connectivity index (χ0v) is 19.2. The maximum Gasteiger partial charge on any atom is 0.254 e. The molecule has 3 aliphatic rings. The Kier molecular flexibility index (Phi) is 7.88. The molecule has 178 valence electrons. The van der Waals surface area contributed by atoms with Crippen LogP contribution in [0.1, 0.15) is 37.0 Å². The Hall–Kier alpha value is -1.87. The van der Waals surface area contributed by atoms with Gasteiger partial charge < -0.3 is 29.0 Å². The maximum atomic E-state index is 13.3. The van der Waals surface area contributed by atoms with Crippen molar-refractivity contribution in [3.05, 3.63) is 23.8 Å². The van der Waals surface area contributed by atoms with Gasteiger partial charge in [0, 0.05) is 44.9 Å². The number of ether oxygens (including phenoxy) is 4. The summed E-state index contributed by atoms with van der Waals surface area (Å²) in [6.45, 7) is 9.29. The fourth-order valence-electron chi connectivity index (χ4n) is 4.16. The molecule has 2 heterocycles. The molecular weight excluding hydrogens is 412 g/mol. The summed E-state index contributed by atoms with van der Waals surface area (Å²) >= 11 is 0. The van der Waals surface area contributed by atoms with Gasteiger partial charge in [0.2, 0.25) is 6.79 Å². The van der Waals surface area contributed by atoms with Gasteiger partial charge >= 0.3 is 0 Å². The van der Waals surface area contributed by atoms with E-state index in [0.717, 1.165) is 13.1 Å². The number of benzene rings is 1. The minimum atomic E-state index is -0.523. The van der Waals surface area contributed by atoms with Gasteiger partial charge in [0.1, 0.15) is 0 Å². The molecule has 2 fully saturated rings. The number of morpholine rings is 1. The van der Waals surface area contributed by atoms with Crippen LogP contribution < -0.4 is 9.47 Å². The van der Waals surface area contributed by atoms with Crippen LogP contribution in [0.3, 0.4) is 0 Å². The first-order valence-corrected chi connectivity index (χ1v) is 11.8. The van der Waals surface area contributed by atoms with Crippen LogP contribution in [0.25, 0.3) is 0 Å². The summed E-state index contributed by atoms with van der Waals surface area (Å²) in [6, 6.07) is 5.37. The Balaban J connectivity index is 1.32. The van der Waals surface area contributed by atoms with Crippen LogP contribution >= 0.6 is 0 Å². The van der Waals surface area contributed by atoms with Crippen molar-refractivity contribution < 1.29 is 28.8 Å². The number of rotatable bonds is 11. The number of amides is 1. The fourth-order valence-corrected chi connectivity index (χ4v) is 4.16. The number of fused-ring (bicyclic) bond motifs is 1. The minimum absolute atomic E-state index is 0.00181. The van der Waals surface area contributed by atoms with Crippen LogP contribution in [0.15, 0.2) is 18.2 Å². The maximum absolute atomic E-state index is 13.3. The average Bonchev–Trinajstić information content (AvgIpc) is 3.45. The van der Waals surface area contributed by atoms with E-state index in [4.69, 9.17) is 18.9 Å². The molecule has 0 radical (unpaired) electrons. The molecule has 1 saturated carbocycles. The van der Waals surface area contributed by atoms with Gasteiger partial charge in [-0.3, -0.25) is 9.69 Å². The number of carbonyl (C=O) groups is 1. The Morgan fingerprint density at radius 3 is 2.81 bits per heavy atom. The van der Waals surface area contributed by atoms with Crippen molar-refractivity contribution in [2.45, 2.75) is 38.9 Å². The van der Waals surface area contributed by atoms with E-state index in [-0.39, 0.29) is 18.8 Å². The van der Waals surface area contributed by atoms with Gasteiger partial charge in [-0.2, -0.15) is 0 Å². The zero-order valence-electron chi connectivity index (χ0n) is 19.2. The summed E-state index contributed by atoms with van der Waals surface area (Å²) in [6.07, 6.45) is 1.74. The number of carbonyl (C=O) groups excluding carboxylic acids is 1. The quantitative estimate of drug-likeness (QED) is 0.555. The smallest absolute Gasteiger partial charge is 0.254 e. The highest BCUT2D eigenvalue weighted by Gasteiger charge is 2.31. The van der Waals surface area contributed by atoms with Crippen LogP contribution in [0.2, 0.25) is 0 Å². The molecule has 8 heteroatoms. The molecule has 2 unspecified atom stereocenters. The van der Waals surface area contributed by atoms with Gasteiger partial charge in [-0.25, -0.2) is 0 Å². The van der Waals surface area contributed by atoms with E-state index in [1.54, 1.807) is 18.2 Å². The summed E-state index contributed by atoms with van der Waals surface area (Å²) in [5.74, 6) is 2.33. The van der Waals surface area contributed by atoms with Crippen LogP contribution in [0, 0.1) is 11.8 Å². The number of nitrogens with zero attached hydrogens (tertiary/aromatic N) is 2. The molecule has 8 nitrogen and oxygen atoms in total. The lowest BCUT2D eigenvalue weighted by Crippen LogP contribution is -2.51. The predicted molar refractivity (Wildman–Crippen MR) is 119 cm³/mol. The third-order valence-electron chi connectivity index (χ3n) is 5.96. The van der Waals surface area contributed by atoms with E-state index in [0.29, 0.717) is 68.4 Å². The van der Waals surface area contributed by atoms with Crippen molar-refractivity contribution >= 4 is 5.91 Å². The Morgan fingerprint density at radius 2 is 2.03 bits per heavy atom. The molecular formula is C24H36N2O6. The average molecular weight is 449 g/mol. The van der Waals surface area contributed by atoms with Gasteiger partial charge in [0.05, 0.1) is 25.4 Å². The molecule has 4 rings (SSSR count). The second-order valence-electron chi connectivity index (χ2n) is 9.56. The zero-order chi connectivity index (χ0) is 22.5. The van der Waals surface area contributed by atoms with E-state index >= 15 is 0 Å². The van der Waals surface area contributed by atoms with Gasteiger partial charge in [0.25, 0.3) is 5.91 Å². The van der Waals surface area contributed by atoms with Crippen LogP contribution in [0.4, 0.5) is 0 Å². The summed E-state index contributed by atoms with van der Waals surface area (Å²) < 4.78 is 22.4. The molecule has 1 amide bonds. The molecule has 0 bridgehead atoms. The standard InChI is InChI=1S/C24H36N2O6/c1-17(2)14-29-15-20(27)11-25-7-8-30-21(12-25)13-26(10-18-3-4-18)24(28)19-5-6-22-23(9-19)32-16-31-22/h5-6,9,17-18,20-21,27H,3-4,7-8,10-16H2,1-2H3. The van der Waals surface area contributed by atoms with Crippen molar-refractivity contribution in [1.82, 2.24) is 9.80 Å². The van der Waals surface area contributed by atoms with Gasteiger partial charge in [-0.05, 0) is 42.9 Å². The molecule has 1 aliphatic carbocycles. The van der Waals surface area contributed by atoms with E-state index < -0.39 is 6.10 Å². The second-order valence-corrected chi connectivity index (χ2v) is 9.56. The molecule has 1 aromatic rings. The molecule has 2 atom stereocenters. The second kappa shape index (κ2) is 10.8. The first-order chi connectivity index (χ1) is 15.5.